The van der Waals surface area contributed by atoms with Crippen molar-refractivity contribution in [1.29, 1.82) is 0 Å². The summed E-state index contributed by atoms with van der Waals surface area (Å²) >= 11 is 6.07. The molecule has 1 aliphatic rings. The van der Waals surface area contributed by atoms with Crippen molar-refractivity contribution in [3.05, 3.63) is 99.3 Å². The zero-order chi connectivity index (χ0) is 19.3. The number of carbonyl (C=O) groups is 1. The molecule has 0 unspecified atom stereocenters. The van der Waals surface area contributed by atoms with Gasteiger partial charge in [0.2, 0.25) is 5.76 Å². The number of pyridine rings is 2. The highest BCUT2D eigenvalue weighted by Gasteiger charge is 2.44. The summed E-state index contributed by atoms with van der Waals surface area (Å²) in [5, 5.41) is 0.739. The van der Waals surface area contributed by atoms with E-state index in [1.54, 1.807) is 67.0 Å². The summed E-state index contributed by atoms with van der Waals surface area (Å²) in [6.07, 6.45) is 3.21. The predicted octanol–water partition coefficient (Wildman–Crippen LogP) is 3.99. The lowest BCUT2D eigenvalue weighted by atomic mass is 10.0. The Bertz CT molecular complexity index is 1270. The molecule has 1 aliphatic heterocycles. The van der Waals surface area contributed by atoms with Crippen LogP contribution in [0.15, 0.2) is 76.2 Å². The fourth-order valence-corrected chi connectivity index (χ4v) is 3.67. The van der Waals surface area contributed by atoms with Gasteiger partial charge in [-0.1, -0.05) is 23.7 Å². The SMILES string of the molecule is O=C1c2oc3ccc(Cl)cc3c(=O)c2[C@@H](c2ccccn2)N1c1ccccn1. The quantitative estimate of drug-likeness (QED) is 0.518. The van der Waals surface area contributed by atoms with Gasteiger partial charge in [0.05, 0.1) is 16.6 Å². The highest BCUT2D eigenvalue weighted by molar-refractivity contribution is 6.31. The molecule has 0 spiro atoms. The Labute approximate surface area is 164 Å². The number of nitrogens with zero attached hydrogens (tertiary/aromatic N) is 3. The van der Waals surface area contributed by atoms with Gasteiger partial charge in [-0.3, -0.25) is 19.5 Å². The van der Waals surface area contributed by atoms with E-state index in [1.807, 2.05) is 0 Å². The van der Waals surface area contributed by atoms with E-state index in [-0.39, 0.29) is 16.8 Å². The third-order valence-corrected chi connectivity index (χ3v) is 4.93. The molecule has 6 nitrogen and oxygen atoms in total. The summed E-state index contributed by atoms with van der Waals surface area (Å²) < 4.78 is 5.85. The number of rotatable bonds is 2. The molecule has 0 fully saturated rings. The number of aromatic nitrogens is 2. The van der Waals surface area contributed by atoms with Gasteiger partial charge in [0.1, 0.15) is 17.4 Å². The maximum atomic E-state index is 13.3. The number of hydrogen-bond donors (Lipinski definition) is 0. The van der Waals surface area contributed by atoms with Gasteiger partial charge in [-0.15, -0.1) is 0 Å². The standard InChI is InChI=1S/C21H12ClN3O3/c22-12-7-8-15-13(11-12)19(26)17-18(14-5-1-3-9-23-14)25(21(27)20(17)28-15)16-6-2-4-10-24-16/h1-11,18H/t18-/m1/s1. The predicted molar refractivity (Wildman–Crippen MR) is 105 cm³/mol. The summed E-state index contributed by atoms with van der Waals surface area (Å²) in [6, 6.07) is 14.6. The second kappa shape index (κ2) is 6.28. The smallest absolute Gasteiger partial charge is 0.296 e. The zero-order valence-corrected chi connectivity index (χ0v) is 15.1. The minimum Gasteiger partial charge on any atom is -0.450 e. The second-order valence-electron chi connectivity index (χ2n) is 6.33. The first-order chi connectivity index (χ1) is 13.6. The van der Waals surface area contributed by atoms with Gasteiger partial charge in [0.25, 0.3) is 5.91 Å². The van der Waals surface area contributed by atoms with Crippen molar-refractivity contribution in [3.63, 3.8) is 0 Å². The minimum atomic E-state index is -0.738. The number of carbonyl (C=O) groups excluding carboxylic acids is 1. The Morgan fingerprint density at radius 1 is 0.964 bits per heavy atom. The maximum Gasteiger partial charge on any atom is 0.296 e. The number of hydrogen-bond acceptors (Lipinski definition) is 5. The minimum absolute atomic E-state index is 0.00104. The summed E-state index contributed by atoms with van der Waals surface area (Å²) in [5.41, 5.74) is 0.795. The molecule has 1 amide bonds. The molecule has 28 heavy (non-hydrogen) atoms. The third kappa shape index (κ3) is 2.42. The molecule has 0 bridgehead atoms. The van der Waals surface area contributed by atoms with Crippen LogP contribution in [0.25, 0.3) is 11.0 Å². The Morgan fingerprint density at radius 2 is 1.75 bits per heavy atom. The Hall–Kier alpha value is -3.51. The van der Waals surface area contributed by atoms with Gasteiger partial charge < -0.3 is 4.42 Å². The number of benzene rings is 1. The van der Waals surface area contributed by atoms with Crippen molar-refractivity contribution in [1.82, 2.24) is 9.97 Å². The first-order valence-electron chi connectivity index (χ1n) is 8.57. The van der Waals surface area contributed by atoms with E-state index in [0.29, 0.717) is 27.5 Å². The number of amides is 1. The lowest BCUT2D eigenvalue weighted by Gasteiger charge is -2.23. The molecule has 4 heterocycles. The van der Waals surface area contributed by atoms with E-state index in [9.17, 15) is 9.59 Å². The summed E-state index contributed by atoms with van der Waals surface area (Å²) in [5.74, 6) is -0.0181. The molecular formula is C21H12ClN3O3. The zero-order valence-electron chi connectivity index (χ0n) is 14.4. The Balaban J connectivity index is 1.84. The fraction of sp³-hybridized carbons (Fsp3) is 0.0476. The first-order valence-corrected chi connectivity index (χ1v) is 8.95. The molecule has 0 saturated heterocycles. The topological polar surface area (TPSA) is 76.3 Å². The van der Waals surface area contributed by atoms with E-state index in [2.05, 4.69) is 9.97 Å². The molecule has 3 aromatic heterocycles. The van der Waals surface area contributed by atoms with E-state index >= 15 is 0 Å². The molecule has 0 saturated carbocycles. The van der Waals surface area contributed by atoms with Crippen LogP contribution in [0.1, 0.15) is 27.9 Å². The molecule has 0 radical (unpaired) electrons. The molecule has 4 aromatic rings. The van der Waals surface area contributed by atoms with Crippen LogP contribution >= 0.6 is 11.6 Å². The van der Waals surface area contributed by atoms with Gasteiger partial charge in [-0.05, 0) is 42.5 Å². The van der Waals surface area contributed by atoms with Gasteiger partial charge >= 0.3 is 0 Å². The van der Waals surface area contributed by atoms with Crippen molar-refractivity contribution in [3.8, 4) is 0 Å². The molecule has 1 atom stereocenters. The van der Waals surface area contributed by atoms with Crippen LogP contribution in [0.3, 0.4) is 0 Å². The molecule has 0 aliphatic carbocycles. The Kier molecular flexibility index (Phi) is 3.74. The van der Waals surface area contributed by atoms with Crippen molar-refractivity contribution < 1.29 is 9.21 Å². The van der Waals surface area contributed by atoms with Crippen LogP contribution < -0.4 is 10.3 Å². The summed E-state index contributed by atoms with van der Waals surface area (Å²) in [7, 11) is 0. The van der Waals surface area contributed by atoms with Crippen LogP contribution in [0.5, 0.6) is 0 Å². The number of halogens is 1. The van der Waals surface area contributed by atoms with Crippen LogP contribution in [0.4, 0.5) is 5.82 Å². The maximum absolute atomic E-state index is 13.3. The van der Waals surface area contributed by atoms with Gasteiger partial charge in [-0.25, -0.2) is 4.98 Å². The average Bonchev–Trinajstić information content (AvgIpc) is 3.03. The van der Waals surface area contributed by atoms with Crippen LogP contribution in [0.2, 0.25) is 5.02 Å². The summed E-state index contributed by atoms with van der Waals surface area (Å²) in [4.78, 5) is 36.7. The molecular weight excluding hydrogens is 378 g/mol. The highest BCUT2D eigenvalue weighted by atomic mass is 35.5. The van der Waals surface area contributed by atoms with E-state index in [4.69, 9.17) is 16.0 Å². The highest BCUT2D eigenvalue weighted by Crippen LogP contribution is 2.39. The van der Waals surface area contributed by atoms with Gasteiger partial charge in [0.15, 0.2) is 5.43 Å². The van der Waals surface area contributed by atoms with Crippen molar-refractivity contribution in [2.75, 3.05) is 4.90 Å². The van der Waals surface area contributed by atoms with Gasteiger partial charge in [-0.2, -0.15) is 0 Å². The average molecular weight is 390 g/mol. The molecule has 5 rings (SSSR count). The van der Waals surface area contributed by atoms with Crippen molar-refractivity contribution >= 4 is 34.3 Å². The van der Waals surface area contributed by atoms with E-state index in [0.717, 1.165) is 0 Å². The number of fused-ring (bicyclic) bond motifs is 2. The normalized spacial score (nSPS) is 15.8. The molecule has 1 aromatic carbocycles. The van der Waals surface area contributed by atoms with Crippen LogP contribution in [0, 0.1) is 0 Å². The fourth-order valence-electron chi connectivity index (χ4n) is 3.50. The first kappa shape index (κ1) is 16.6. The van der Waals surface area contributed by atoms with Crippen LogP contribution in [-0.2, 0) is 0 Å². The largest absolute Gasteiger partial charge is 0.450 e. The molecule has 0 N–H and O–H groups in total. The van der Waals surface area contributed by atoms with E-state index < -0.39 is 11.9 Å². The Morgan fingerprint density at radius 3 is 2.46 bits per heavy atom. The lowest BCUT2D eigenvalue weighted by Crippen LogP contribution is -2.30. The van der Waals surface area contributed by atoms with E-state index in [1.165, 1.54) is 4.90 Å². The monoisotopic (exact) mass is 389 g/mol. The lowest BCUT2D eigenvalue weighted by molar-refractivity contribution is 0.0970. The van der Waals surface area contributed by atoms with Crippen molar-refractivity contribution in [2.24, 2.45) is 0 Å². The summed E-state index contributed by atoms with van der Waals surface area (Å²) in [6.45, 7) is 0. The second-order valence-corrected chi connectivity index (χ2v) is 6.77. The number of anilines is 1. The third-order valence-electron chi connectivity index (χ3n) is 4.70. The van der Waals surface area contributed by atoms with Crippen LogP contribution in [-0.4, -0.2) is 15.9 Å². The molecule has 7 heteroatoms. The van der Waals surface area contributed by atoms with Gasteiger partial charge in [0, 0.05) is 17.4 Å². The van der Waals surface area contributed by atoms with Crippen molar-refractivity contribution in [2.45, 2.75) is 6.04 Å². The molecule has 136 valence electrons.